The molecule has 0 unspecified atom stereocenters. The molecule has 1 rings (SSSR count). The first-order valence-electron chi connectivity index (χ1n) is 6.23. The minimum atomic E-state index is -3.44. The molecule has 0 amide bonds. The Labute approximate surface area is 134 Å². The molecule has 0 bridgehead atoms. The molecule has 0 spiro atoms. The third kappa shape index (κ3) is 4.21. The first-order chi connectivity index (χ1) is 9.34. The van der Waals surface area contributed by atoms with Crippen molar-refractivity contribution in [2.75, 3.05) is 32.6 Å². The van der Waals surface area contributed by atoms with Crippen LogP contribution in [0.1, 0.15) is 11.1 Å². The van der Waals surface area contributed by atoms with Crippen LogP contribution >= 0.6 is 27.7 Å². The van der Waals surface area contributed by atoms with Crippen LogP contribution in [-0.4, -0.2) is 45.4 Å². The summed E-state index contributed by atoms with van der Waals surface area (Å²) >= 11 is 5.08. The molecule has 0 aliphatic carbocycles. The third-order valence-electron chi connectivity index (χ3n) is 3.04. The van der Waals surface area contributed by atoms with Gasteiger partial charge in [0.05, 0.1) is 4.90 Å². The van der Waals surface area contributed by atoms with Gasteiger partial charge in [-0.3, -0.25) is 0 Å². The van der Waals surface area contributed by atoms with E-state index in [-0.39, 0.29) is 0 Å². The van der Waals surface area contributed by atoms with E-state index in [1.165, 1.54) is 4.31 Å². The highest BCUT2D eigenvalue weighted by Crippen LogP contribution is 2.27. The van der Waals surface area contributed by atoms with Gasteiger partial charge in [0, 0.05) is 30.4 Å². The van der Waals surface area contributed by atoms with Gasteiger partial charge in [-0.05, 0) is 43.5 Å². The first kappa shape index (κ1) is 18.0. The fourth-order valence-corrected chi connectivity index (χ4v) is 4.46. The molecular weight excluding hydrogens is 360 g/mol. The molecule has 1 aromatic carbocycles. The molecule has 0 saturated heterocycles. The number of thioether (sulfide) groups is 1. The molecule has 0 fully saturated rings. The Balaban J connectivity index is 3.22. The number of sulfonamides is 1. The zero-order valence-corrected chi connectivity index (χ0v) is 15.5. The average molecular weight is 381 g/mol. The highest BCUT2D eigenvalue weighted by Gasteiger charge is 2.24. The maximum absolute atomic E-state index is 12.6. The molecule has 0 aliphatic rings. The van der Waals surface area contributed by atoms with Crippen LogP contribution in [0, 0.1) is 6.92 Å². The summed E-state index contributed by atoms with van der Waals surface area (Å²) in [6, 6.07) is 3.70. The third-order valence-corrected chi connectivity index (χ3v) is 6.43. The predicted molar refractivity (Wildman–Crippen MR) is 89.8 cm³/mol. The van der Waals surface area contributed by atoms with Gasteiger partial charge in [-0.2, -0.15) is 11.8 Å². The molecule has 0 saturated carbocycles. The predicted octanol–water partition coefficient (Wildman–Crippen LogP) is 2.46. The van der Waals surface area contributed by atoms with Gasteiger partial charge in [0.1, 0.15) is 0 Å². The van der Waals surface area contributed by atoms with Crippen molar-refractivity contribution < 1.29 is 8.42 Å². The zero-order valence-electron chi connectivity index (χ0n) is 12.2. The Hall–Kier alpha value is -0.0800. The van der Waals surface area contributed by atoms with Crippen molar-refractivity contribution in [3.8, 4) is 0 Å². The molecule has 0 radical (unpaired) electrons. The van der Waals surface area contributed by atoms with Gasteiger partial charge >= 0.3 is 0 Å². The van der Waals surface area contributed by atoms with Gasteiger partial charge in [0.25, 0.3) is 0 Å². The Bertz CT molecular complexity index is 562. The fourth-order valence-electron chi connectivity index (χ4n) is 1.79. The van der Waals surface area contributed by atoms with E-state index >= 15 is 0 Å². The molecule has 114 valence electrons. The largest absolute Gasteiger partial charge is 0.316 e. The van der Waals surface area contributed by atoms with Crippen LogP contribution in [0.4, 0.5) is 0 Å². The summed E-state index contributed by atoms with van der Waals surface area (Å²) in [7, 11) is 0.0254. The van der Waals surface area contributed by atoms with Gasteiger partial charge in [-0.25, -0.2) is 12.7 Å². The van der Waals surface area contributed by atoms with Crippen molar-refractivity contribution in [2.45, 2.75) is 18.4 Å². The lowest BCUT2D eigenvalue weighted by molar-refractivity contribution is 0.488. The summed E-state index contributed by atoms with van der Waals surface area (Å²) in [4.78, 5) is 0.376. The standard InChI is InChI=1S/C13H21BrN2O2S2/c1-10-12(14)7-11(9-15-2)8-13(10)20(17,18)16(3)5-6-19-4/h7-8,15H,5-6,9H2,1-4H3. The van der Waals surface area contributed by atoms with E-state index in [2.05, 4.69) is 21.2 Å². The van der Waals surface area contributed by atoms with E-state index in [0.29, 0.717) is 18.0 Å². The topological polar surface area (TPSA) is 49.4 Å². The van der Waals surface area contributed by atoms with E-state index in [1.807, 2.05) is 26.3 Å². The highest BCUT2D eigenvalue weighted by atomic mass is 79.9. The van der Waals surface area contributed by atoms with Gasteiger partial charge in [-0.15, -0.1) is 0 Å². The minimum absolute atomic E-state index is 0.376. The summed E-state index contributed by atoms with van der Waals surface area (Å²) in [6.45, 7) is 2.97. The Kier molecular flexibility index (Phi) is 7.00. The summed E-state index contributed by atoms with van der Waals surface area (Å²) in [5.74, 6) is 0.784. The van der Waals surface area contributed by atoms with Crippen molar-refractivity contribution in [3.63, 3.8) is 0 Å². The number of benzene rings is 1. The second-order valence-electron chi connectivity index (χ2n) is 4.55. The van der Waals surface area contributed by atoms with Crippen LogP contribution < -0.4 is 5.32 Å². The average Bonchev–Trinajstić information content (AvgIpc) is 2.39. The summed E-state index contributed by atoms with van der Waals surface area (Å²) in [6.07, 6.45) is 1.97. The molecule has 0 aliphatic heterocycles. The Morgan fingerprint density at radius 1 is 1.40 bits per heavy atom. The Morgan fingerprint density at radius 2 is 2.05 bits per heavy atom. The van der Waals surface area contributed by atoms with E-state index in [1.54, 1.807) is 24.9 Å². The summed E-state index contributed by atoms with van der Waals surface area (Å²) in [5.41, 5.74) is 1.70. The molecule has 0 aromatic heterocycles. The van der Waals surface area contributed by atoms with Crippen LogP contribution in [0.3, 0.4) is 0 Å². The van der Waals surface area contributed by atoms with Crippen LogP contribution in [0.15, 0.2) is 21.5 Å². The minimum Gasteiger partial charge on any atom is -0.316 e. The number of hydrogen-bond donors (Lipinski definition) is 1. The van der Waals surface area contributed by atoms with E-state index in [9.17, 15) is 8.42 Å². The van der Waals surface area contributed by atoms with Crippen molar-refractivity contribution in [2.24, 2.45) is 0 Å². The number of nitrogens with one attached hydrogen (secondary N) is 1. The van der Waals surface area contributed by atoms with Crippen molar-refractivity contribution in [1.29, 1.82) is 0 Å². The molecule has 1 aromatic rings. The molecule has 0 atom stereocenters. The van der Waals surface area contributed by atoms with Crippen LogP contribution in [0.2, 0.25) is 0 Å². The lowest BCUT2D eigenvalue weighted by Crippen LogP contribution is -2.29. The molecule has 0 heterocycles. The van der Waals surface area contributed by atoms with Crippen molar-refractivity contribution >= 4 is 37.7 Å². The normalized spacial score (nSPS) is 12.1. The van der Waals surface area contributed by atoms with Gasteiger partial charge in [0.15, 0.2) is 0 Å². The molecule has 1 N–H and O–H groups in total. The number of halogens is 1. The second-order valence-corrected chi connectivity index (χ2v) is 8.40. The van der Waals surface area contributed by atoms with Gasteiger partial charge in [0.2, 0.25) is 10.0 Å². The number of nitrogens with zero attached hydrogens (tertiary/aromatic N) is 1. The van der Waals surface area contributed by atoms with Crippen LogP contribution in [-0.2, 0) is 16.6 Å². The lowest BCUT2D eigenvalue weighted by atomic mass is 10.1. The van der Waals surface area contributed by atoms with E-state index < -0.39 is 10.0 Å². The first-order valence-corrected chi connectivity index (χ1v) is 9.86. The number of rotatable bonds is 7. The molecule has 7 heteroatoms. The fraction of sp³-hybridized carbons (Fsp3) is 0.538. The second kappa shape index (κ2) is 7.79. The zero-order chi connectivity index (χ0) is 15.3. The maximum Gasteiger partial charge on any atom is 0.243 e. The van der Waals surface area contributed by atoms with Gasteiger partial charge < -0.3 is 5.32 Å². The summed E-state index contributed by atoms with van der Waals surface area (Å²) < 4.78 is 27.5. The highest BCUT2D eigenvalue weighted by molar-refractivity contribution is 9.10. The van der Waals surface area contributed by atoms with Gasteiger partial charge in [-0.1, -0.05) is 15.9 Å². The monoisotopic (exact) mass is 380 g/mol. The van der Waals surface area contributed by atoms with E-state index in [0.717, 1.165) is 21.4 Å². The van der Waals surface area contributed by atoms with Crippen LogP contribution in [0.25, 0.3) is 0 Å². The van der Waals surface area contributed by atoms with Crippen molar-refractivity contribution in [3.05, 3.63) is 27.7 Å². The van der Waals surface area contributed by atoms with Crippen LogP contribution in [0.5, 0.6) is 0 Å². The smallest absolute Gasteiger partial charge is 0.243 e. The Morgan fingerprint density at radius 3 is 2.60 bits per heavy atom. The molecular formula is C13H21BrN2O2S2. The molecule has 4 nitrogen and oxygen atoms in total. The maximum atomic E-state index is 12.6. The lowest BCUT2D eigenvalue weighted by Gasteiger charge is -2.19. The summed E-state index contributed by atoms with van der Waals surface area (Å²) in [5, 5.41) is 3.04. The molecule has 20 heavy (non-hydrogen) atoms. The van der Waals surface area contributed by atoms with Crippen molar-refractivity contribution in [1.82, 2.24) is 9.62 Å². The van der Waals surface area contributed by atoms with E-state index in [4.69, 9.17) is 0 Å². The number of hydrogen-bond acceptors (Lipinski definition) is 4. The quantitative estimate of drug-likeness (QED) is 0.788. The SMILES string of the molecule is CNCc1cc(Br)c(C)c(S(=O)(=O)N(C)CCSC)c1.